The van der Waals surface area contributed by atoms with Crippen LogP contribution in [0.5, 0.6) is 0 Å². The Kier molecular flexibility index (Phi) is 4.61. The first kappa shape index (κ1) is 15.9. The van der Waals surface area contributed by atoms with E-state index in [1.807, 2.05) is 13.8 Å². The number of fused-ring (bicyclic) bond motifs is 1. The summed E-state index contributed by atoms with van der Waals surface area (Å²) in [7, 11) is 0. The van der Waals surface area contributed by atoms with Gasteiger partial charge in [-0.15, -0.1) is 0 Å². The van der Waals surface area contributed by atoms with Crippen molar-refractivity contribution in [3.05, 3.63) is 22.9 Å². The Hall–Kier alpha value is -1.50. The van der Waals surface area contributed by atoms with Crippen molar-refractivity contribution in [3.8, 4) is 0 Å². The molecule has 8 heteroatoms. The van der Waals surface area contributed by atoms with Gasteiger partial charge >= 0.3 is 6.18 Å². The van der Waals surface area contributed by atoms with Gasteiger partial charge in [-0.2, -0.15) is 18.2 Å². The largest absolute Gasteiger partial charge is 0.391 e. The van der Waals surface area contributed by atoms with Gasteiger partial charge in [0.05, 0.1) is 23.5 Å². The van der Waals surface area contributed by atoms with Crippen LogP contribution in [-0.4, -0.2) is 26.1 Å². The molecular formula is C13H14ClF3N4. The normalized spacial score (nSPS) is 15.3. The molecule has 0 saturated heterocycles. The number of halogens is 4. The smallest absolute Gasteiger partial charge is 0.246 e. The van der Waals surface area contributed by atoms with E-state index < -0.39 is 12.1 Å². The van der Waals surface area contributed by atoms with Gasteiger partial charge in [-0.05, 0) is 38.3 Å². The van der Waals surface area contributed by atoms with Crippen molar-refractivity contribution in [1.29, 1.82) is 0 Å². The van der Waals surface area contributed by atoms with Crippen LogP contribution in [0, 0.1) is 19.8 Å². The Morgan fingerprint density at radius 1 is 1.10 bits per heavy atom. The highest BCUT2D eigenvalue weighted by atomic mass is 35.5. The Bertz CT molecular complexity index is 641. The van der Waals surface area contributed by atoms with Crippen molar-refractivity contribution in [2.24, 2.45) is 5.92 Å². The molecule has 21 heavy (non-hydrogen) atoms. The van der Waals surface area contributed by atoms with Crippen molar-refractivity contribution in [1.82, 2.24) is 19.9 Å². The molecule has 0 unspecified atom stereocenters. The van der Waals surface area contributed by atoms with Gasteiger partial charge in [0, 0.05) is 0 Å². The molecule has 1 saturated carbocycles. The van der Waals surface area contributed by atoms with Crippen LogP contribution in [0.15, 0.2) is 6.20 Å². The van der Waals surface area contributed by atoms with E-state index in [1.54, 1.807) is 6.20 Å². The maximum Gasteiger partial charge on any atom is 0.391 e. The van der Waals surface area contributed by atoms with Crippen LogP contribution in [-0.2, 0) is 0 Å². The van der Waals surface area contributed by atoms with Gasteiger partial charge < -0.3 is 0 Å². The van der Waals surface area contributed by atoms with Crippen molar-refractivity contribution >= 4 is 22.8 Å². The topological polar surface area (TPSA) is 51.6 Å². The van der Waals surface area contributed by atoms with Crippen molar-refractivity contribution in [2.45, 2.75) is 39.3 Å². The Balaban J connectivity index is 0.000000173. The third-order valence-corrected chi connectivity index (χ3v) is 3.56. The average Bonchev–Trinajstić information content (AvgIpc) is 2.27. The summed E-state index contributed by atoms with van der Waals surface area (Å²) < 4.78 is 34.5. The van der Waals surface area contributed by atoms with Gasteiger partial charge in [0.15, 0.2) is 5.65 Å². The number of rotatable bonds is 0. The molecule has 0 amide bonds. The van der Waals surface area contributed by atoms with Crippen LogP contribution < -0.4 is 0 Å². The third kappa shape index (κ3) is 4.00. The summed E-state index contributed by atoms with van der Waals surface area (Å²) >= 11 is 5.62. The second kappa shape index (κ2) is 6.09. The molecular weight excluding hydrogens is 305 g/mol. The monoisotopic (exact) mass is 318 g/mol. The fourth-order valence-electron chi connectivity index (χ4n) is 1.74. The number of nitrogens with zero attached hydrogens (tertiary/aromatic N) is 4. The van der Waals surface area contributed by atoms with Crippen LogP contribution in [0.4, 0.5) is 13.2 Å². The molecule has 0 N–H and O–H groups in total. The maximum absolute atomic E-state index is 11.5. The first-order valence-electron chi connectivity index (χ1n) is 6.47. The molecule has 0 bridgehead atoms. The molecule has 0 aliphatic heterocycles. The zero-order valence-electron chi connectivity index (χ0n) is 11.6. The second-order valence-corrected chi connectivity index (χ2v) is 5.25. The molecule has 0 atom stereocenters. The first-order valence-corrected chi connectivity index (χ1v) is 6.85. The summed E-state index contributed by atoms with van der Waals surface area (Å²) in [5.41, 5.74) is 2.97. The lowest BCUT2D eigenvalue weighted by molar-refractivity contribution is -0.193. The quantitative estimate of drug-likeness (QED) is 0.688. The number of hydrogen-bond acceptors (Lipinski definition) is 4. The molecule has 0 spiro atoms. The fraction of sp³-hybridized carbons (Fsp3) is 0.538. The molecule has 4 nitrogen and oxygen atoms in total. The van der Waals surface area contributed by atoms with Gasteiger partial charge in [-0.25, -0.2) is 15.0 Å². The van der Waals surface area contributed by atoms with Crippen LogP contribution >= 0.6 is 11.6 Å². The Labute approximate surface area is 124 Å². The fourth-order valence-corrected chi connectivity index (χ4v) is 1.87. The van der Waals surface area contributed by atoms with Crippen molar-refractivity contribution in [2.75, 3.05) is 0 Å². The summed E-state index contributed by atoms with van der Waals surface area (Å²) in [6, 6.07) is 0. The minimum absolute atomic E-state index is 0.199. The first-order chi connectivity index (χ1) is 9.77. The highest BCUT2D eigenvalue weighted by molar-refractivity contribution is 6.28. The van der Waals surface area contributed by atoms with E-state index >= 15 is 0 Å². The van der Waals surface area contributed by atoms with Gasteiger partial charge in [0.25, 0.3) is 0 Å². The van der Waals surface area contributed by atoms with E-state index in [1.165, 1.54) is 0 Å². The summed E-state index contributed by atoms with van der Waals surface area (Å²) in [4.78, 5) is 16.3. The van der Waals surface area contributed by atoms with Gasteiger partial charge in [-0.3, -0.25) is 0 Å². The molecule has 0 aromatic carbocycles. The van der Waals surface area contributed by atoms with Crippen molar-refractivity contribution in [3.63, 3.8) is 0 Å². The summed E-state index contributed by atoms with van der Waals surface area (Å²) in [5, 5.41) is 0.199. The Morgan fingerprint density at radius 3 is 2.19 bits per heavy atom. The van der Waals surface area contributed by atoms with E-state index in [2.05, 4.69) is 19.9 Å². The standard InChI is InChI=1S/C8H7ClN4.C5H7F3/c1-4-5(2)12-7-6(11-4)3-10-8(9)13-7;6-5(7,8)4-2-1-3-4/h3H,1-2H3;4H,1-3H2. The van der Waals surface area contributed by atoms with E-state index in [-0.39, 0.29) is 5.28 Å². The zero-order valence-corrected chi connectivity index (χ0v) is 12.3. The number of aryl methyl sites for hydroxylation is 2. The zero-order chi connectivity index (χ0) is 15.6. The predicted molar refractivity (Wildman–Crippen MR) is 73.0 cm³/mol. The second-order valence-electron chi connectivity index (χ2n) is 4.91. The lowest BCUT2D eigenvalue weighted by Gasteiger charge is -2.27. The van der Waals surface area contributed by atoms with Gasteiger partial charge in [0.1, 0.15) is 5.52 Å². The minimum atomic E-state index is -3.90. The minimum Gasteiger partial charge on any atom is -0.246 e. The van der Waals surface area contributed by atoms with Crippen LogP contribution in [0.1, 0.15) is 30.7 Å². The molecule has 1 aliphatic carbocycles. The highest BCUT2D eigenvalue weighted by Crippen LogP contribution is 2.40. The lowest BCUT2D eigenvalue weighted by Crippen LogP contribution is -2.28. The average molecular weight is 319 g/mol. The number of aromatic nitrogens is 4. The highest BCUT2D eigenvalue weighted by Gasteiger charge is 2.42. The summed E-state index contributed by atoms with van der Waals surface area (Å²) in [6.45, 7) is 3.79. The van der Waals surface area contributed by atoms with Crippen molar-refractivity contribution < 1.29 is 13.2 Å². The van der Waals surface area contributed by atoms with E-state index in [0.717, 1.165) is 17.8 Å². The van der Waals surface area contributed by atoms with Crippen LogP contribution in [0.2, 0.25) is 5.28 Å². The third-order valence-electron chi connectivity index (χ3n) is 3.37. The SMILES string of the molecule is Cc1nc2cnc(Cl)nc2nc1C.FC(F)(F)C1CCC1. The summed E-state index contributed by atoms with van der Waals surface area (Å²) in [6.07, 6.45) is -0.875. The molecule has 2 aromatic rings. The van der Waals surface area contributed by atoms with E-state index in [0.29, 0.717) is 24.0 Å². The molecule has 2 aromatic heterocycles. The summed E-state index contributed by atoms with van der Waals surface area (Å²) in [5.74, 6) is -0.970. The number of hydrogen-bond donors (Lipinski definition) is 0. The van der Waals surface area contributed by atoms with E-state index in [9.17, 15) is 13.2 Å². The molecule has 1 fully saturated rings. The molecule has 2 heterocycles. The molecule has 0 radical (unpaired) electrons. The van der Waals surface area contributed by atoms with Gasteiger partial charge in [-0.1, -0.05) is 6.42 Å². The lowest BCUT2D eigenvalue weighted by atomic mass is 9.85. The molecule has 114 valence electrons. The van der Waals surface area contributed by atoms with Crippen LogP contribution in [0.3, 0.4) is 0 Å². The van der Waals surface area contributed by atoms with E-state index in [4.69, 9.17) is 11.6 Å². The van der Waals surface area contributed by atoms with Crippen LogP contribution in [0.25, 0.3) is 11.2 Å². The molecule has 3 rings (SSSR count). The maximum atomic E-state index is 11.5. The Morgan fingerprint density at radius 2 is 1.71 bits per heavy atom. The molecule has 1 aliphatic rings. The number of alkyl halides is 3. The predicted octanol–water partition coefficient (Wildman–Crippen LogP) is 4.04. The van der Waals surface area contributed by atoms with Gasteiger partial charge in [0.2, 0.25) is 5.28 Å².